The lowest BCUT2D eigenvalue weighted by Crippen LogP contribution is -2.29. The Labute approximate surface area is 362 Å². The summed E-state index contributed by atoms with van der Waals surface area (Å²) in [5.41, 5.74) is 5.34. The summed E-state index contributed by atoms with van der Waals surface area (Å²) in [6.07, 6.45) is 57.1. The van der Waals surface area contributed by atoms with E-state index in [1.807, 2.05) is 12.2 Å². The van der Waals surface area contributed by atoms with Crippen molar-refractivity contribution in [2.24, 2.45) is 5.73 Å². The third-order valence-corrected chi connectivity index (χ3v) is 9.74. The summed E-state index contributed by atoms with van der Waals surface area (Å²) in [5, 5.41) is 0. The number of unbranched alkanes of at least 4 members (excludes halogenated alkanes) is 3. The molecule has 0 saturated carbocycles. The number of hydrogen-bond donors (Lipinski definition) is 2. The highest BCUT2D eigenvalue weighted by atomic mass is 31.2. The number of hydrogen-bond acceptors (Lipinski definition) is 9. The SMILES string of the molecule is CC/C=C\C/C=C\C/C=C\C/C=C\C/C=C\CCCCCC(=O)O[C@H](COC(=O)CC/C=C\C/C=C\C/C=C\C/C=C\CC1OC1C/C=C\CC)COP(=O)(O)OCCN. The predicted octanol–water partition coefficient (Wildman–Crippen LogP) is 11.9. The van der Waals surface area contributed by atoms with Gasteiger partial charge in [0, 0.05) is 19.4 Å². The van der Waals surface area contributed by atoms with E-state index in [0.29, 0.717) is 25.0 Å². The summed E-state index contributed by atoms with van der Waals surface area (Å²) in [7, 11) is -4.42. The highest BCUT2D eigenvalue weighted by molar-refractivity contribution is 7.47. The average molecular weight is 854 g/mol. The first-order chi connectivity index (χ1) is 29.3. The number of carbonyl (C=O) groups excluding carboxylic acids is 2. The molecule has 60 heavy (non-hydrogen) atoms. The van der Waals surface area contributed by atoms with Crippen molar-refractivity contribution in [2.45, 2.75) is 148 Å². The van der Waals surface area contributed by atoms with E-state index in [9.17, 15) is 19.0 Å². The smallest absolute Gasteiger partial charge is 0.462 e. The van der Waals surface area contributed by atoms with E-state index in [4.69, 9.17) is 29.0 Å². The van der Waals surface area contributed by atoms with Gasteiger partial charge >= 0.3 is 19.8 Å². The van der Waals surface area contributed by atoms with Crippen LogP contribution in [0.2, 0.25) is 0 Å². The van der Waals surface area contributed by atoms with Crippen molar-refractivity contribution in [1.82, 2.24) is 0 Å². The largest absolute Gasteiger partial charge is 0.472 e. The Hall–Kier alpha value is -3.63. The van der Waals surface area contributed by atoms with Gasteiger partial charge in [0.15, 0.2) is 6.10 Å². The molecule has 0 aromatic rings. The fourth-order valence-corrected chi connectivity index (χ4v) is 6.20. The quantitative estimate of drug-likeness (QED) is 0.0202. The van der Waals surface area contributed by atoms with Crippen molar-refractivity contribution in [3.05, 3.63) is 122 Å². The molecule has 1 heterocycles. The molecule has 1 rings (SSSR count). The summed E-state index contributed by atoms with van der Waals surface area (Å²) in [6, 6.07) is 0. The van der Waals surface area contributed by atoms with Crippen LogP contribution in [0.25, 0.3) is 0 Å². The zero-order valence-electron chi connectivity index (χ0n) is 36.6. The Morgan fingerprint density at radius 2 is 1.05 bits per heavy atom. The zero-order valence-corrected chi connectivity index (χ0v) is 37.5. The summed E-state index contributed by atoms with van der Waals surface area (Å²) in [5.74, 6) is -0.983. The van der Waals surface area contributed by atoms with Crippen LogP contribution < -0.4 is 5.73 Å². The second kappa shape index (κ2) is 39.5. The molecule has 0 bridgehead atoms. The number of rotatable bonds is 38. The fourth-order valence-electron chi connectivity index (χ4n) is 5.43. The molecular formula is C49H76NO9P. The van der Waals surface area contributed by atoms with Crippen molar-refractivity contribution >= 4 is 19.8 Å². The highest BCUT2D eigenvalue weighted by Gasteiger charge is 2.36. The third kappa shape index (κ3) is 36.2. The van der Waals surface area contributed by atoms with Gasteiger partial charge in [0.1, 0.15) is 6.61 Å². The van der Waals surface area contributed by atoms with Crippen molar-refractivity contribution in [3.8, 4) is 0 Å². The molecule has 1 aliphatic rings. The minimum Gasteiger partial charge on any atom is -0.462 e. The minimum absolute atomic E-state index is 0.0286. The van der Waals surface area contributed by atoms with Gasteiger partial charge in [-0.05, 0) is 96.3 Å². The molecule has 336 valence electrons. The molecule has 4 atom stereocenters. The van der Waals surface area contributed by atoms with Crippen LogP contribution in [0, 0.1) is 0 Å². The molecule has 0 amide bonds. The molecule has 1 saturated heterocycles. The van der Waals surface area contributed by atoms with E-state index in [1.54, 1.807) is 0 Å². The molecule has 0 aromatic heterocycles. The van der Waals surface area contributed by atoms with Gasteiger partial charge in [0.25, 0.3) is 0 Å². The van der Waals surface area contributed by atoms with Crippen LogP contribution in [0.4, 0.5) is 0 Å². The maximum atomic E-state index is 12.6. The Kier molecular flexibility index (Phi) is 35.8. The first-order valence-electron chi connectivity index (χ1n) is 22.1. The second-order valence-electron chi connectivity index (χ2n) is 14.2. The average Bonchev–Trinajstić information content (AvgIpc) is 3.99. The van der Waals surface area contributed by atoms with E-state index in [0.717, 1.165) is 89.9 Å². The van der Waals surface area contributed by atoms with E-state index in [-0.39, 0.29) is 32.6 Å². The molecular weight excluding hydrogens is 778 g/mol. The lowest BCUT2D eigenvalue weighted by Gasteiger charge is -2.19. The molecule has 1 fully saturated rings. The molecule has 0 radical (unpaired) electrons. The van der Waals surface area contributed by atoms with Gasteiger partial charge in [0.2, 0.25) is 0 Å². The Balaban J connectivity index is 2.26. The number of esters is 2. The number of phosphoric acid groups is 1. The number of allylic oxidation sites excluding steroid dienone is 18. The lowest BCUT2D eigenvalue weighted by atomic mass is 10.1. The number of nitrogens with two attached hydrogens (primary N) is 1. The van der Waals surface area contributed by atoms with Gasteiger partial charge in [-0.25, -0.2) is 4.57 Å². The van der Waals surface area contributed by atoms with Crippen molar-refractivity contribution in [1.29, 1.82) is 0 Å². The fraction of sp³-hybridized carbons (Fsp3) is 0.551. The van der Waals surface area contributed by atoms with E-state index in [2.05, 4.69) is 123 Å². The molecule has 0 spiro atoms. The van der Waals surface area contributed by atoms with Crippen molar-refractivity contribution in [3.63, 3.8) is 0 Å². The van der Waals surface area contributed by atoms with Crippen LogP contribution in [-0.2, 0) is 37.4 Å². The third-order valence-electron chi connectivity index (χ3n) is 8.76. The zero-order chi connectivity index (χ0) is 43.6. The normalized spacial score (nSPS) is 17.8. The van der Waals surface area contributed by atoms with Crippen LogP contribution >= 0.6 is 7.82 Å². The van der Waals surface area contributed by atoms with Gasteiger partial charge in [-0.2, -0.15) is 0 Å². The summed E-state index contributed by atoms with van der Waals surface area (Å²) in [4.78, 5) is 34.9. The topological polar surface area (TPSA) is 147 Å². The molecule has 3 N–H and O–H groups in total. The molecule has 1 aliphatic heterocycles. The molecule has 3 unspecified atom stereocenters. The lowest BCUT2D eigenvalue weighted by molar-refractivity contribution is -0.161. The highest BCUT2D eigenvalue weighted by Crippen LogP contribution is 2.43. The van der Waals surface area contributed by atoms with Crippen molar-refractivity contribution in [2.75, 3.05) is 26.4 Å². The van der Waals surface area contributed by atoms with Gasteiger partial charge in [-0.1, -0.05) is 142 Å². The minimum atomic E-state index is -4.42. The molecule has 10 nitrogen and oxygen atoms in total. The monoisotopic (exact) mass is 854 g/mol. The standard InChI is InChI=1S/C49H76NO9P/c1-3-5-7-8-9-10-11-12-13-14-15-16-17-18-23-26-29-32-36-40-49(52)58-45(44-57-60(53,54)56-42-41-50)43-55-48(51)39-35-31-28-25-22-20-19-21-24-27-30-34-38-47-46(59-47)37-33-6-4-2/h5-7,9-10,12-13,15-16,18,20-24,28,30-31,33-34,45-47H,3-4,8,11,14,17,19,25-27,29,32,35-44,50H2,1-2H3,(H,53,54)/b7-5-,10-9-,13-12-,16-15-,22-20-,23-18-,24-21-,31-28-,33-6-,34-30-/t45-,46?,47?/m1/s1. The van der Waals surface area contributed by atoms with Gasteiger partial charge in [0.05, 0.1) is 25.4 Å². The Bertz CT molecular complexity index is 1460. The number of carbonyl (C=O) groups is 2. The summed E-state index contributed by atoms with van der Waals surface area (Å²) >= 11 is 0. The van der Waals surface area contributed by atoms with Crippen molar-refractivity contribution < 1.29 is 42.3 Å². The number of ether oxygens (including phenoxy) is 3. The number of epoxide rings is 1. The maximum Gasteiger partial charge on any atom is 0.472 e. The van der Waals surface area contributed by atoms with E-state index < -0.39 is 32.5 Å². The molecule has 11 heteroatoms. The predicted molar refractivity (Wildman–Crippen MR) is 246 cm³/mol. The maximum absolute atomic E-state index is 12.6. The van der Waals surface area contributed by atoms with Crippen LogP contribution in [0.15, 0.2) is 122 Å². The Morgan fingerprint density at radius 1 is 0.583 bits per heavy atom. The van der Waals surface area contributed by atoms with Crippen LogP contribution in [0.3, 0.4) is 0 Å². The molecule has 0 aliphatic carbocycles. The van der Waals surface area contributed by atoms with Crippen LogP contribution in [0.5, 0.6) is 0 Å². The van der Waals surface area contributed by atoms with Gasteiger partial charge in [-0.3, -0.25) is 18.6 Å². The number of phosphoric ester groups is 1. The van der Waals surface area contributed by atoms with Gasteiger partial charge < -0.3 is 24.8 Å². The van der Waals surface area contributed by atoms with E-state index >= 15 is 0 Å². The van der Waals surface area contributed by atoms with E-state index in [1.165, 1.54) is 0 Å². The van der Waals surface area contributed by atoms with Gasteiger partial charge in [-0.15, -0.1) is 0 Å². The summed E-state index contributed by atoms with van der Waals surface area (Å²) < 4.78 is 38.4. The first-order valence-corrected chi connectivity index (χ1v) is 23.6. The Morgan fingerprint density at radius 3 is 1.58 bits per heavy atom. The second-order valence-corrected chi connectivity index (χ2v) is 15.6. The first kappa shape index (κ1) is 54.4. The molecule has 0 aromatic carbocycles. The van der Waals surface area contributed by atoms with Crippen LogP contribution in [0.1, 0.15) is 129 Å². The summed E-state index contributed by atoms with van der Waals surface area (Å²) in [6.45, 7) is 3.33. The van der Waals surface area contributed by atoms with Crippen LogP contribution in [-0.4, -0.2) is 61.5 Å².